The number of aryl methyl sites for hydroxylation is 2. The van der Waals surface area contributed by atoms with Crippen molar-refractivity contribution >= 4 is 15.7 Å². The van der Waals surface area contributed by atoms with Crippen LogP contribution in [0.5, 0.6) is 5.75 Å². The SMILES string of the molecule is Cc1ccc(C)c(OCC(=O)N2CCN(C3CCS(=O)(=O)C3)CC2)c1. The van der Waals surface area contributed by atoms with Crippen molar-refractivity contribution in [3.63, 3.8) is 0 Å². The van der Waals surface area contributed by atoms with E-state index in [1.807, 2.05) is 36.9 Å². The van der Waals surface area contributed by atoms with Crippen LogP contribution in [0.3, 0.4) is 0 Å². The summed E-state index contributed by atoms with van der Waals surface area (Å²) in [5, 5.41) is 0. The first-order valence-corrected chi connectivity index (χ1v) is 10.6. The zero-order chi connectivity index (χ0) is 18.0. The van der Waals surface area contributed by atoms with Crippen LogP contribution < -0.4 is 4.74 Å². The second-order valence-corrected chi connectivity index (χ2v) is 9.26. The molecule has 0 spiro atoms. The number of sulfone groups is 1. The molecule has 25 heavy (non-hydrogen) atoms. The standard InChI is InChI=1S/C18H26N2O4S/c1-14-3-4-15(2)17(11-14)24-12-18(21)20-8-6-19(7-9-20)16-5-10-25(22,23)13-16/h3-4,11,16H,5-10,12-13H2,1-2H3. The summed E-state index contributed by atoms with van der Waals surface area (Å²) >= 11 is 0. The van der Waals surface area contributed by atoms with Crippen LogP contribution in [-0.4, -0.2) is 74.5 Å². The van der Waals surface area contributed by atoms with Gasteiger partial charge in [0.2, 0.25) is 0 Å². The molecule has 0 bridgehead atoms. The highest BCUT2D eigenvalue weighted by atomic mass is 32.2. The van der Waals surface area contributed by atoms with E-state index < -0.39 is 9.84 Å². The van der Waals surface area contributed by atoms with E-state index in [2.05, 4.69) is 4.90 Å². The van der Waals surface area contributed by atoms with E-state index >= 15 is 0 Å². The largest absolute Gasteiger partial charge is 0.483 e. The molecule has 0 saturated carbocycles. The Morgan fingerprint density at radius 3 is 2.56 bits per heavy atom. The van der Waals surface area contributed by atoms with Gasteiger partial charge in [0, 0.05) is 32.2 Å². The second-order valence-electron chi connectivity index (χ2n) is 7.03. The van der Waals surface area contributed by atoms with Crippen LogP contribution in [0.1, 0.15) is 17.5 Å². The lowest BCUT2D eigenvalue weighted by atomic mass is 10.1. The van der Waals surface area contributed by atoms with Gasteiger partial charge in [-0.05, 0) is 37.5 Å². The minimum absolute atomic E-state index is 0.0143. The highest BCUT2D eigenvalue weighted by Crippen LogP contribution is 2.21. The lowest BCUT2D eigenvalue weighted by molar-refractivity contribution is -0.135. The van der Waals surface area contributed by atoms with Gasteiger partial charge in [-0.25, -0.2) is 8.42 Å². The van der Waals surface area contributed by atoms with Gasteiger partial charge in [0.15, 0.2) is 16.4 Å². The van der Waals surface area contributed by atoms with E-state index in [-0.39, 0.29) is 24.3 Å². The Bertz CT molecular complexity index is 739. The molecule has 2 heterocycles. The van der Waals surface area contributed by atoms with E-state index in [1.54, 1.807) is 0 Å². The summed E-state index contributed by atoms with van der Waals surface area (Å²) in [5.74, 6) is 1.29. The number of carbonyl (C=O) groups is 1. The molecule has 0 radical (unpaired) electrons. The number of nitrogens with zero attached hydrogens (tertiary/aromatic N) is 2. The van der Waals surface area contributed by atoms with Crippen LogP contribution in [0.25, 0.3) is 0 Å². The topological polar surface area (TPSA) is 66.9 Å². The molecule has 2 aliphatic rings. The quantitative estimate of drug-likeness (QED) is 0.796. The zero-order valence-electron chi connectivity index (χ0n) is 14.9. The van der Waals surface area contributed by atoms with Crippen molar-refractivity contribution in [2.45, 2.75) is 26.3 Å². The Morgan fingerprint density at radius 1 is 1.20 bits per heavy atom. The highest BCUT2D eigenvalue weighted by Gasteiger charge is 2.34. The molecule has 2 saturated heterocycles. The third-order valence-corrected chi connectivity index (χ3v) is 6.84. The van der Waals surface area contributed by atoms with Crippen LogP contribution >= 0.6 is 0 Å². The minimum Gasteiger partial charge on any atom is -0.483 e. The van der Waals surface area contributed by atoms with Crippen molar-refractivity contribution in [1.29, 1.82) is 0 Å². The Morgan fingerprint density at radius 2 is 1.92 bits per heavy atom. The second kappa shape index (κ2) is 7.33. The maximum atomic E-state index is 12.4. The summed E-state index contributed by atoms with van der Waals surface area (Å²) in [4.78, 5) is 16.4. The number of ether oxygens (including phenoxy) is 1. The summed E-state index contributed by atoms with van der Waals surface area (Å²) in [6.45, 7) is 6.73. The van der Waals surface area contributed by atoms with Crippen molar-refractivity contribution in [2.24, 2.45) is 0 Å². The molecule has 0 N–H and O–H groups in total. The molecule has 6 nitrogen and oxygen atoms in total. The maximum Gasteiger partial charge on any atom is 0.260 e. The van der Waals surface area contributed by atoms with E-state index in [1.165, 1.54) is 0 Å². The summed E-state index contributed by atoms with van der Waals surface area (Å²) < 4.78 is 28.9. The van der Waals surface area contributed by atoms with Crippen LogP contribution in [-0.2, 0) is 14.6 Å². The predicted molar refractivity (Wildman–Crippen MR) is 96.6 cm³/mol. The van der Waals surface area contributed by atoms with E-state index in [0.29, 0.717) is 25.3 Å². The van der Waals surface area contributed by atoms with E-state index in [9.17, 15) is 13.2 Å². The molecule has 0 aromatic heterocycles. The van der Waals surface area contributed by atoms with Crippen LogP contribution in [0, 0.1) is 13.8 Å². The first-order valence-electron chi connectivity index (χ1n) is 8.76. The van der Waals surface area contributed by atoms with Gasteiger partial charge in [-0.2, -0.15) is 0 Å². The average Bonchev–Trinajstić information content (AvgIpc) is 2.95. The Balaban J connectivity index is 1.48. The molecular formula is C18H26N2O4S. The van der Waals surface area contributed by atoms with Gasteiger partial charge >= 0.3 is 0 Å². The number of amides is 1. The van der Waals surface area contributed by atoms with Gasteiger partial charge in [0.05, 0.1) is 11.5 Å². The Kier molecular flexibility index (Phi) is 5.34. The number of hydrogen-bond donors (Lipinski definition) is 0. The molecule has 1 aromatic rings. The van der Waals surface area contributed by atoms with Gasteiger partial charge in [0.1, 0.15) is 5.75 Å². The molecule has 3 rings (SSSR count). The zero-order valence-corrected chi connectivity index (χ0v) is 15.7. The van der Waals surface area contributed by atoms with E-state index in [0.717, 1.165) is 30.0 Å². The van der Waals surface area contributed by atoms with Gasteiger partial charge in [-0.3, -0.25) is 9.69 Å². The van der Waals surface area contributed by atoms with Gasteiger partial charge in [-0.1, -0.05) is 12.1 Å². The third-order valence-electron chi connectivity index (χ3n) is 5.09. The number of piperazine rings is 1. The fourth-order valence-electron chi connectivity index (χ4n) is 3.49. The monoisotopic (exact) mass is 366 g/mol. The van der Waals surface area contributed by atoms with Crippen molar-refractivity contribution in [3.8, 4) is 5.75 Å². The van der Waals surface area contributed by atoms with Crippen LogP contribution in [0.2, 0.25) is 0 Å². The smallest absolute Gasteiger partial charge is 0.260 e. The molecule has 2 fully saturated rings. The third kappa shape index (κ3) is 4.52. The molecule has 1 atom stereocenters. The predicted octanol–water partition coefficient (Wildman–Crippen LogP) is 1.01. The van der Waals surface area contributed by atoms with Crippen molar-refractivity contribution in [1.82, 2.24) is 9.80 Å². The van der Waals surface area contributed by atoms with Crippen molar-refractivity contribution < 1.29 is 17.9 Å². The van der Waals surface area contributed by atoms with Crippen LogP contribution in [0.15, 0.2) is 18.2 Å². The maximum absolute atomic E-state index is 12.4. The Hall–Kier alpha value is -1.60. The number of rotatable bonds is 4. The van der Waals surface area contributed by atoms with Gasteiger partial charge < -0.3 is 9.64 Å². The lowest BCUT2D eigenvalue weighted by Gasteiger charge is -2.37. The van der Waals surface area contributed by atoms with Crippen molar-refractivity contribution in [2.75, 3.05) is 44.3 Å². The molecule has 7 heteroatoms. The number of carbonyl (C=O) groups excluding carboxylic acids is 1. The number of benzene rings is 1. The molecule has 138 valence electrons. The van der Waals surface area contributed by atoms with Gasteiger partial charge in [-0.15, -0.1) is 0 Å². The molecular weight excluding hydrogens is 340 g/mol. The minimum atomic E-state index is -2.86. The summed E-state index contributed by atoms with van der Waals surface area (Å²) in [6.07, 6.45) is 0.714. The summed E-state index contributed by atoms with van der Waals surface area (Å²) in [7, 11) is -2.86. The fraction of sp³-hybridized carbons (Fsp3) is 0.611. The lowest BCUT2D eigenvalue weighted by Crippen LogP contribution is -2.53. The summed E-state index contributed by atoms with van der Waals surface area (Å²) in [6, 6.07) is 6.07. The number of hydrogen-bond acceptors (Lipinski definition) is 5. The van der Waals surface area contributed by atoms with E-state index in [4.69, 9.17) is 4.74 Å². The fourth-order valence-corrected chi connectivity index (χ4v) is 5.26. The first-order chi connectivity index (χ1) is 11.8. The molecule has 1 aromatic carbocycles. The molecule has 2 aliphatic heterocycles. The van der Waals surface area contributed by atoms with Gasteiger partial charge in [0.25, 0.3) is 5.91 Å². The normalized spacial score (nSPS) is 23.6. The highest BCUT2D eigenvalue weighted by molar-refractivity contribution is 7.91. The molecule has 1 amide bonds. The average molecular weight is 366 g/mol. The van der Waals surface area contributed by atoms with Crippen LogP contribution in [0.4, 0.5) is 0 Å². The summed E-state index contributed by atoms with van der Waals surface area (Å²) in [5.41, 5.74) is 2.12. The Labute approximate surface area is 149 Å². The molecule has 0 aliphatic carbocycles. The first kappa shape index (κ1) is 18.2. The molecule has 1 unspecified atom stereocenters. The van der Waals surface area contributed by atoms with Crippen molar-refractivity contribution in [3.05, 3.63) is 29.3 Å².